The van der Waals surface area contributed by atoms with Crippen LogP contribution < -0.4 is 10.6 Å². The lowest BCUT2D eigenvalue weighted by molar-refractivity contribution is 0.638. The lowest BCUT2D eigenvalue weighted by Crippen LogP contribution is -2.22. The van der Waals surface area contributed by atoms with Gasteiger partial charge in [0.2, 0.25) is 0 Å². The second-order valence-electron chi connectivity index (χ2n) is 4.19. The maximum atomic E-state index is 5.54. The van der Waals surface area contributed by atoms with Gasteiger partial charge in [0, 0.05) is 24.8 Å². The van der Waals surface area contributed by atoms with Crippen molar-refractivity contribution in [3.63, 3.8) is 0 Å². The van der Waals surface area contributed by atoms with Gasteiger partial charge in [-0.05, 0) is 30.2 Å². The standard InChI is InChI=1S/C12H18N2S/c1-9(2)8-14(3)11-6-4-10(5-7-11)12(13)15/h4-7,9H,8H2,1-3H3,(H2,13,15). The van der Waals surface area contributed by atoms with Gasteiger partial charge in [-0.3, -0.25) is 0 Å². The predicted octanol–water partition coefficient (Wildman–Crippen LogP) is 2.41. The molecule has 0 spiro atoms. The Kier molecular flexibility index (Phi) is 4.09. The summed E-state index contributed by atoms with van der Waals surface area (Å²) < 4.78 is 0. The number of benzene rings is 1. The van der Waals surface area contributed by atoms with Gasteiger partial charge in [0.1, 0.15) is 4.99 Å². The van der Waals surface area contributed by atoms with Crippen LogP contribution in [0.3, 0.4) is 0 Å². The summed E-state index contributed by atoms with van der Waals surface area (Å²) in [5.74, 6) is 0.658. The van der Waals surface area contributed by atoms with Gasteiger partial charge in [-0.1, -0.05) is 26.1 Å². The van der Waals surface area contributed by atoms with Crippen molar-refractivity contribution < 1.29 is 0 Å². The van der Waals surface area contributed by atoms with E-state index in [0.717, 1.165) is 12.1 Å². The quantitative estimate of drug-likeness (QED) is 0.793. The molecule has 82 valence electrons. The lowest BCUT2D eigenvalue weighted by atomic mass is 10.1. The number of nitrogens with two attached hydrogens (primary N) is 1. The van der Waals surface area contributed by atoms with E-state index >= 15 is 0 Å². The van der Waals surface area contributed by atoms with E-state index in [-0.39, 0.29) is 0 Å². The molecule has 0 saturated heterocycles. The molecule has 0 radical (unpaired) electrons. The van der Waals surface area contributed by atoms with Crippen molar-refractivity contribution >= 4 is 22.9 Å². The van der Waals surface area contributed by atoms with Crippen LogP contribution in [0.25, 0.3) is 0 Å². The summed E-state index contributed by atoms with van der Waals surface area (Å²) in [5, 5.41) is 0. The third kappa shape index (κ3) is 3.51. The fraction of sp³-hybridized carbons (Fsp3) is 0.417. The Balaban J connectivity index is 2.75. The number of rotatable bonds is 4. The number of hydrogen-bond acceptors (Lipinski definition) is 2. The van der Waals surface area contributed by atoms with Crippen molar-refractivity contribution in [1.82, 2.24) is 0 Å². The van der Waals surface area contributed by atoms with E-state index in [1.165, 1.54) is 5.69 Å². The maximum Gasteiger partial charge on any atom is 0.103 e. The summed E-state index contributed by atoms with van der Waals surface area (Å²) in [6, 6.07) is 8.04. The molecule has 1 aromatic carbocycles. The van der Waals surface area contributed by atoms with Gasteiger partial charge in [-0.25, -0.2) is 0 Å². The van der Waals surface area contributed by atoms with Crippen molar-refractivity contribution in [1.29, 1.82) is 0 Å². The van der Waals surface area contributed by atoms with Crippen LogP contribution in [0.4, 0.5) is 5.69 Å². The zero-order chi connectivity index (χ0) is 11.4. The van der Waals surface area contributed by atoms with Crippen LogP contribution in [0.1, 0.15) is 19.4 Å². The van der Waals surface area contributed by atoms with Crippen molar-refractivity contribution in [3.05, 3.63) is 29.8 Å². The molecule has 2 nitrogen and oxygen atoms in total. The highest BCUT2D eigenvalue weighted by atomic mass is 32.1. The molecule has 1 rings (SSSR count). The fourth-order valence-electron chi connectivity index (χ4n) is 1.53. The van der Waals surface area contributed by atoms with Crippen LogP contribution in [0.2, 0.25) is 0 Å². The summed E-state index contributed by atoms with van der Waals surface area (Å²) in [6.45, 7) is 5.46. The molecule has 0 atom stereocenters. The van der Waals surface area contributed by atoms with Gasteiger partial charge < -0.3 is 10.6 Å². The van der Waals surface area contributed by atoms with Crippen molar-refractivity contribution in [3.8, 4) is 0 Å². The monoisotopic (exact) mass is 222 g/mol. The molecular weight excluding hydrogens is 204 g/mol. The summed E-state index contributed by atoms with van der Waals surface area (Å²) >= 11 is 4.91. The molecule has 0 saturated carbocycles. The minimum Gasteiger partial charge on any atom is -0.389 e. The first kappa shape index (κ1) is 12.0. The maximum absolute atomic E-state index is 5.54. The second kappa shape index (κ2) is 5.12. The predicted molar refractivity (Wildman–Crippen MR) is 70.4 cm³/mol. The van der Waals surface area contributed by atoms with Gasteiger partial charge >= 0.3 is 0 Å². The zero-order valence-electron chi connectivity index (χ0n) is 9.53. The summed E-state index contributed by atoms with van der Waals surface area (Å²) in [6.07, 6.45) is 0. The molecule has 1 aromatic rings. The van der Waals surface area contributed by atoms with E-state index in [1.54, 1.807) is 0 Å². The average molecular weight is 222 g/mol. The molecular formula is C12H18N2S. The minimum absolute atomic E-state index is 0.452. The molecule has 0 unspecified atom stereocenters. The first-order valence-corrected chi connectivity index (χ1v) is 5.52. The van der Waals surface area contributed by atoms with Gasteiger partial charge in [0.15, 0.2) is 0 Å². The van der Waals surface area contributed by atoms with Crippen LogP contribution in [-0.4, -0.2) is 18.6 Å². The van der Waals surface area contributed by atoms with E-state index < -0.39 is 0 Å². The SMILES string of the molecule is CC(C)CN(C)c1ccc(C(N)=S)cc1. The van der Waals surface area contributed by atoms with E-state index in [0.29, 0.717) is 10.9 Å². The zero-order valence-corrected chi connectivity index (χ0v) is 10.3. The third-order valence-corrected chi connectivity index (χ3v) is 2.47. The van der Waals surface area contributed by atoms with E-state index in [1.807, 2.05) is 12.1 Å². The molecule has 0 bridgehead atoms. The Morgan fingerprint density at radius 1 is 1.33 bits per heavy atom. The smallest absolute Gasteiger partial charge is 0.103 e. The molecule has 0 aliphatic heterocycles. The normalized spacial score (nSPS) is 10.4. The first-order chi connectivity index (χ1) is 7.00. The highest BCUT2D eigenvalue weighted by Gasteiger charge is 2.03. The van der Waals surface area contributed by atoms with E-state index in [2.05, 4.69) is 37.9 Å². The van der Waals surface area contributed by atoms with E-state index in [9.17, 15) is 0 Å². The molecule has 0 amide bonds. The Morgan fingerprint density at radius 2 is 1.87 bits per heavy atom. The first-order valence-electron chi connectivity index (χ1n) is 5.11. The molecule has 3 heteroatoms. The summed E-state index contributed by atoms with van der Waals surface area (Å²) in [7, 11) is 2.09. The summed E-state index contributed by atoms with van der Waals surface area (Å²) in [5.41, 5.74) is 7.66. The van der Waals surface area contributed by atoms with Crippen LogP contribution >= 0.6 is 12.2 Å². The molecule has 0 aliphatic rings. The van der Waals surface area contributed by atoms with Crippen molar-refractivity contribution in [2.75, 3.05) is 18.5 Å². The molecule has 0 aromatic heterocycles. The highest BCUT2D eigenvalue weighted by Crippen LogP contribution is 2.14. The average Bonchev–Trinajstić information content (AvgIpc) is 2.17. The minimum atomic E-state index is 0.452. The topological polar surface area (TPSA) is 29.3 Å². The molecule has 0 fully saturated rings. The summed E-state index contributed by atoms with van der Waals surface area (Å²) in [4.78, 5) is 2.68. The number of thiocarbonyl (C=S) groups is 1. The Labute approximate surface area is 97.1 Å². The van der Waals surface area contributed by atoms with Gasteiger partial charge in [-0.2, -0.15) is 0 Å². The number of anilines is 1. The molecule has 0 aliphatic carbocycles. The van der Waals surface area contributed by atoms with Crippen LogP contribution in [0.15, 0.2) is 24.3 Å². The van der Waals surface area contributed by atoms with Crippen LogP contribution in [-0.2, 0) is 0 Å². The third-order valence-electron chi connectivity index (χ3n) is 2.23. The van der Waals surface area contributed by atoms with Crippen molar-refractivity contribution in [2.45, 2.75) is 13.8 Å². The largest absolute Gasteiger partial charge is 0.389 e. The van der Waals surface area contributed by atoms with Crippen molar-refractivity contribution in [2.24, 2.45) is 11.7 Å². The van der Waals surface area contributed by atoms with Gasteiger partial charge in [0.25, 0.3) is 0 Å². The van der Waals surface area contributed by atoms with Gasteiger partial charge in [-0.15, -0.1) is 0 Å². The number of hydrogen-bond donors (Lipinski definition) is 1. The Hall–Kier alpha value is -1.09. The molecule has 0 heterocycles. The van der Waals surface area contributed by atoms with E-state index in [4.69, 9.17) is 18.0 Å². The van der Waals surface area contributed by atoms with Crippen LogP contribution in [0.5, 0.6) is 0 Å². The Bertz CT molecular complexity index is 330. The molecule has 2 N–H and O–H groups in total. The Morgan fingerprint density at radius 3 is 2.27 bits per heavy atom. The van der Waals surface area contributed by atoms with Crippen LogP contribution in [0, 0.1) is 5.92 Å². The molecule has 15 heavy (non-hydrogen) atoms. The lowest BCUT2D eigenvalue weighted by Gasteiger charge is -2.21. The highest BCUT2D eigenvalue weighted by molar-refractivity contribution is 7.80. The fourth-order valence-corrected chi connectivity index (χ4v) is 1.67. The van der Waals surface area contributed by atoms with Gasteiger partial charge in [0.05, 0.1) is 0 Å². The number of nitrogens with zero attached hydrogens (tertiary/aromatic N) is 1. The second-order valence-corrected chi connectivity index (χ2v) is 4.63.